The maximum atomic E-state index is 12.4. The first-order chi connectivity index (χ1) is 26.2. The van der Waals surface area contributed by atoms with Crippen LogP contribution in [0.1, 0.15) is 174 Å². The average molecular weight is 732 g/mol. The third kappa shape index (κ3) is 40.1. The highest BCUT2D eigenvalue weighted by molar-refractivity contribution is 5.76. The van der Waals surface area contributed by atoms with E-state index in [0.717, 1.165) is 77.0 Å². The van der Waals surface area contributed by atoms with Crippen molar-refractivity contribution >= 4 is 5.91 Å². The zero-order chi connectivity index (χ0) is 38.6. The maximum Gasteiger partial charge on any atom is 0.220 e. The van der Waals surface area contributed by atoms with Gasteiger partial charge in [0.2, 0.25) is 5.91 Å². The summed E-state index contributed by atoms with van der Waals surface area (Å²) in [5.41, 5.74) is 0. The first-order valence-corrected chi connectivity index (χ1v) is 21.6. The summed E-state index contributed by atoms with van der Waals surface area (Å²) in [4.78, 5) is 12.4. The first kappa shape index (κ1) is 50.1. The summed E-state index contributed by atoms with van der Waals surface area (Å²) in [7, 11) is 0. The van der Waals surface area contributed by atoms with E-state index in [2.05, 4.69) is 116 Å². The fraction of sp³-hybridized carbons (Fsp3) is 0.612. The van der Waals surface area contributed by atoms with Crippen LogP contribution >= 0.6 is 0 Å². The standard InChI is InChI=1S/C49H81NO3/c1-3-5-7-9-11-13-15-17-19-21-23-24-25-26-27-29-31-33-35-37-39-41-43-45-49(53)50-47(46-51)48(52)44-42-40-38-36-34-32-30-28-22-20-18-16-14-12-10-8-6-4-2/h5,7,11,13,17,19,23-24,26-27,31,33-34,36-37,39,42,44,47-48,51-52H,3-4,6,8-10,12,14-16,18,20-22,25,28-30,32,35,38,40-41,43,45-46H2,1-2H3,(H,50,53)/b7-5-,13-11-,19-17-,24-23-,27-26-,33-31-,36-34+,39-37-,44-42+. The third-order valence-corrected chi connectivity index (χ3v) is 8.99. The van der Waals surface area contributed by atoms with E-state index in [1.54, 1.807) is 6.08 Å². The fourth-order valence-corrected chi connectivity index (χ4v) is 5.71. The van der Waals surface area contributed by atoms with E-state index in [0.29, 0.717) is 6.42 Å². The molecule has 300 valence electrons. The number of aliphatic hydroxyl groups is 2. The molecule has 0 saturated heterocycles. The molecular weight excluding hydrogens is 651 g/mol. The Morgan fingerprint density at radius 2 is 0.849 bits per heavy atom. The van der Waals surface area contributed by atoms with Crippen molar-refractivity contribution in [3.63, 3.8) is 0 Å². The van der Waals surface area contributed by atoms with Crippen molar-refractivity contribution in [2.24, 2.45) is 0 Å². The second kappa shape index (κ2) is 43.5. The van der Waals surface area contributed by atoms with E-state index in [1.165, 1.54) is 77.0 Å². The van der Waals surface area contributed by atoms with Gasteiger partial charge in [0.05, 0.1) is 18.8 Å². The summed E-state index contributed by atoms with van der Waals surface area (Å²) < 4.78 is 0. The second-order valence-corrected chi connectivity index (χ2v) is 14.0. The topological polar surface area (TPSA) is 69.6 Å². The highest BCUT2D eigenvalue weighted by Crippen LogP contribution is 2.13. The molecule has 3 N–H and O–H groups in total. The number of hydrogen-bond donors (Lipinski definition) is 3. The third-order valence-electron chi connectivity index (χ3n) is 8.99. The van der Waals surface area contributed by atoms with Gasteiger partial charge in [0.1, 0.15) is 0 Å². The van der Waals surface area contributed by atoms with Gasteiger partial charge in [-0.05, 0) is 83.5 Å². The van der Waals surface area contributed by atoms with Crippen LogP contribution < -0.4 is 5.32 Å². The Labute approximate surface area is 327 Å². The van der Waals surface area contributed by atoms with E-state index in [9.17, 15) is 15.0 Å². The Morgan fingerprint density at radius 1 is 0.472 bits per heavy atom. The van der Waals surface area contributed by atoms with E-state index < -0.39 is 12.1 Å². The molecule has 0 aliphatic carbocycles. The number of carbonyl (C=O) groups excluding carboxylic acids is 1. The Hall–Kier alpha value is -2.95. The molecule has 0 aromatic carbocycles. The summed E-state index contributed by atoms with van der Waals surface area (Å²) in [5, 5.41) is 22.9. The van der Waals surface area contributed by atoms with Crippen molar-refractivity contribution < 1.29 is 15.0 Å². The molecule has 0 fully saturated rings. The molecule has 1 amide bonds. The molecule has 4 nitrogen and oxygen atoms in total. The summed E-state index contributed by atoms with van der Waals surface area (Å²) in [6.07, 6.45) is 66.2. The SMILES string of the molecule is CC/C=C\C/C=C\C/C=C\C/C=C\C/C=C\C/C=C\C/C=C\CCCC(=O)NC(CO)C(O)/C=C/CC/C=C/CCCCCCCCCCCCCC. The van der Waals surface area contributed by atoms with Crippen LogP contribution in [0.3, 0.4) is 0 Å². The van der Waals surface area contributed by atoms with Crippen molar-refractivity contribution in [2.75, 3.05) is 6.61 Å². The number of allylic oxidation sites excluding steroid dienone is 17. The number of aliphatic hydroxyl groups excluding tert-OH is 2. The minimum atomic E-state index is -0.893. The van der Waals surface area contributed by atoms with Gasteiger partial charge in [-0.25, -0.2) is 0 Å². The van der Waals surface area contributed by atoms with Gasteiger partial charge in [0, 0.05) is 6.42 Å². The van der Waals surface area contributed by atoms with Crippen LogP contribution in [0.2, 0.25) is 0 Å². The molecule has 0 heterocycles. The predicted molar refractivity (Wildman–Crippen MR) is 234 cm³/mol. The number of rotatable bonds is 37. The second-order valence-electron chi connectivity index (χ2n) is 14.0. The van der Waals surface area contributed by atoms with Crippen molar-refractivity contribution in [1.82, 2.24) is 5.32 Å². The summed E-state index contributed by atoms with van der Waals surface area (Å²) in [6.45, 7) is 4.14. The van der Waals surface area contributed by atoms with Gasteiger partial charge in [-0.15, -0.1) is 0 Å². The van der Waals surface area contributed by atoms with Gasteiger partial charge in [0.25, 0.3) is 0 Å². The predicted octanol–water partition coefficient (Wildman–Crippen LogP) is 13.6. The lowest BCUT2D eigenvalue weighted by Gasteiger charge is -2.19. The number of nitrogens with one attached hydrogen (secondary N) is 1. The normalized spacial score (nSPS) is 14.1. The molecular formula is C49H81NO3. The molecule has 0 rings (SSSR count). The highest BCUT2D eigenvalue weighted by atomic mass is 16.3. The van der Waals surface area contributed by atoms with Crippen LogP contribution in [0.5, 0.6) is 0 Å². The maximum absolute atomic E-state index is 12.4. The minimum absolute atomic E-state index is 0.136. The molecule has 4 heteroatoms. The van der Waals surface area contributed by atoms with Gasteiger partial charge in [0.15, 0.2) is 0 Å². The summed E-state index contributed by atoms with van der Waals surface area (Å²) in [6, 6.07) is -0.677. The summed E-state index contributed by atoms with van der Waals surface area (Å²) in [5.74, 6) is -0.136. The minimum Gasteiger partial charge on any atom is -0.394 e. The molecule has 2 atom stereocenters. The van der Waals surface area contributed by atoms with E-state index in [1.807, 2.05) is 6.08 Å². The smallest absolute Gasteiger partial charge is 0.220 e. The van der Waals surface area contributed by atoms with Crippen molar-refractivity contribution in [3.8, 4) is 0 Å². The molecule has 0 aromatic rings. The lowest BCUT2D eigenvalue weighted by molar-refractivity contribution is -0.122. The molecule has 0 aliphatic heterocycles. The van der Waals surface area contributed by atoms with Gasteiger partial charge < -0.3 is 15.5 Å². The van der Waals surface area contributed by atoms with Gasteiger partial charge in [-0.3, -0.25) is 4.79 Å². The van der Waals surface area contributed by atoms with E-state index in [-0.39, 0.29) is 12.5 Å². The zero-order valence-electron chi connectivity index (χ0n) is 34.2. The monoisotopic (exact) mass is 732 g/mol. The van der Waals surface area contributed by atoms with E-state index in [4.69, 9.17) is 0 Å². The molecule has 53 heavy (non-hydrogen) atoms. The van der Waals surface area contributed by atoms with Gasteiger partial charge in [-0.2, -0.15) is 0 Å². The highest BCUT2D eigenvalue weighted by Gasteiger charge is 2.17. The van der Waals surface area contributed by atoms with Crippen LogP contribution in [-0.2, 0) is 4.79 Å². The number of carbonyl (C=O) groups is 1. The molecule has 0 aromatic heterocycles. The Morgan fingerprint density at radius 3 is 1.32 bits per heavy atom. The Bertz CT molecular complexity index is 1060. The molecule has 0 bridgehead atoms. The van der Waals surface area contributed by atoms with Crippen molar-refractivity contribution in [3.05, 3.63) is 109 Å². The fourth-order valence-electron chi connectivity index (χ4n) is 5.71. The molecule has 2 unspecified atom stereocenters. The zero-order valence-corrected chi connectivity index (χ0v) is 34.2. The largest absolute Gasteiger partial charge is 0.394 e. The lowest BCUT2D eigenvalue weighted by atomic mass is 10.0. The molecule has 0 aliphatic rings. The van der Waals surface area contributed by atoms with Crippen molar-refractivity contribution in [2.45, 2.75) is 187 Å². The van der Waals surface area contributed by atoms with Gasteiger partial charge in [-0.1, -0.05) is 194 Å². The molecule has 0 spiro atoms. The van der Waals surface area contributed by atoms with Crippen LogP contribution in [0.25, 0.3) is 0 Å². The summed E-state index contributed by atoms with van der Waals surface area (Å²) >= 11 is 0. The van der Waals surface area contributed by atoms with Crippen LogP contribution in [0, 0.1) is 0 Å². The Kier molecular flexibility index (Phi) is 41.0. The lowest BCUT2D eigenvalue weighted by Crippen LogP contribution is -2.45. The van der Waals surface area contributed by atoms with E-state index >= 15 is 0 Å². The quantitative estimate of drug-likeness (QED) is 0.0440. The molecule has 0 saturated carbocycles. The van der Waals surface area contributed by atoms with Crippen LogP contribution in [-0.4, -0.2) is 34.9 Å². The van der Waals surface area contributed by atoms with Gasteiger partial charge >= 0.3 is 0 Å². The number of unbranched alkanes of at least 4 members (excludes halogenated alkanes) is 14. The average Bonchev–Trinajstić information content (AvgIpc) is 3.16. The Balaban J connectivity index is 3.80. The molecule has 0 radical (unpaired) electrons. The number of hydrogen-bond acceptors (Lipinski definition) is 3. The first-order valence-electron chi connectivity index (χ1n) is 21.6. The number of amides is 1. The van der Waals surface area contributed by atoms with Crippen LogP contribution in [0.4, 0.5) is 0 Å². The van der Waals surface area contributed by atoms with Crippen LogP contribution in [0.15, 0.2) is 109 Å². The van der Waals surface area contributed by atoms with Crippen molar-refractivity contribution in [1.29, 1.82) is 0 Å².